The Bertz CT molecular complexity index is 1650. The number of aromatic hydroxyl groups is 2. The summed E-state index contributed by atoms with van der Waals surface area (Å²) in [5.41, 5.74) is 18.5. The van der Waals surface area contributed by atoms with E-state index in [0.29, 0.717) is 68.5 Å². The number of carboxylic acid groups (broad SMARTS) is 1. The van der Waals surface area contributed by atoms with Gasteiger partial charge in [-0.1, -0.05) is 30.7 Å². The minimum atomic E-state index is -1.29. The van der Waals surface area contributed by atoms with Gasteiger partial charge in [0.05, 0.1) is 6.04 Å². The Hall–Kier alpha value is -4.91. The molecule has 0 aromatic heterocycles. The van der Waals surface area contributed by atoms with Gasteiger partial charge in [0.15, 0.2) is 0 Å². The highest BCUT2D eigenvalue weighted by Gasteiger charge is 2.40. The number of amides is 5. The molecule has 3 rings (SSSR count). The van der Waals surface area contributed by atoms with Gasteiger partial charge in [0, 0.05) is 19.4 Å². The van der Waals surface area contributed by atoms with Crippen molar-refractivity contribution in [1.82, 2.24) is 26.2 Å². The minimum Gasteiger partial charge on any atom is -0.508 e. The molecule has 0 radical (unpaired) electrons. The Morgan fingerprint density at radius 3 is 1.78 bits per heavy atom. The molecule has 5 amide bonds. The lowest BCUT2D eigenvalue weighted by atomic mass is 10.0. The Morgan fingerprint density at radius 2 is 1.22 bits per heavy atom. The Labute approximate surface area is 343 Å². The van der Waals surface area contributed by atoms with Crippen LogP contribution in [0.5, 0.6) is 11.5 Å². The van der Waals surface area contributed by atoms with E-state index in [9.17, 15) is 44.1 Å². The number of hydrogen-bond acceptors (Lipinski definition) is 12. The minimum absolute atomic E-state index is 0.0114. The summed E-state index contributed by atoms with van der Waals surface area (Å²) in [5, 5.41) is 40.4. The zero-order valence-electron chi connectivity index (χ0n) is 33.1. The number of unbranched alkanes of at least 4 members (excludes halogenated alkanes) is 2. The average molecular weight is 829 g/mol. The maximum Gasteiger partial charge on any atom is 0.326 e. The molecule has 13 N–H and O–H groups in total. The predicted octanol–water partition coefficient (Wildman–Crippen LogP) is 0.236. The van der Waals surface area contributed by atoms with Crippen molar-refractivity contribution in [2.24, 2.45) is 17.2 Å². The summed E-state index contributed by atoms with van der Waals surface area (Å²) in [6, 6.07) is 5.42. The summed E-state index contributed by atoms with van der Waals surface area (Å²) in [7, 11) is 0. The highest BCUT2D eigenvalue weighted by Crippen LogP contribution is 2.22. The Balaban J connectivity index is 1.93. The fraction of sp³-hybridized carbons (Fsp3) is 0.550. The van der Waals surface area contributed by atoms with Crippen LogP contribution < -0.4 is 38.5 Å². The molecule has 6 atom stereocenters. The Morgan fingerprint density at radius 1 is 0.707 bits per heavy atom. The van der Waals surface area contributed by atoms with Crippen LogP contribution in [0.25, 0.3) is 0 Å². The number of benzene rings is 2. The fourth-order valence-electron chi connectivity index (χ4n) is 6.63. The van der Waals surface area contributed by atoms with Crippen molar-refractivity contribution in [2.75, 3.05) is 31.6 Å². The smallest absolute Gasteiger partial charge is 0.326 e. The van der Waals surface area contributed by atoms with Crippen LogP contribution in [-0.4, -0.2) is 124 Å². The fourth-order valence-corrected chi connectivity index (χ4v) is 7.11. The molecular weight excluding hydrogens is 769 g/mol. The molecule has 2 aromatic rings. The third kappa shape index (κ3) is 15.4. The highest BCUT2D eigenvalue weighted by atomic mass is 32.2. The van der Waals surface area contributed by atoms with E-state index in [0.717, 1.165) is 0 Å². The molecule has 1 heterocycles. The predicted molar refractivity (Wildman–Crippen MR) is 221 cm³/mol. The number of nitrogens with one attached hydrogen (secondary N) is 4. The number of carbonyl (C=O) groups excluding carboxylic acids is 5. The van der Waals surface area contributed by atoms with Gasteiger partial charge < -0.3 is 58.7 Å². The third-order valence-electron chi connectivity index (χ3n) is 9.95. The van der Waals surface area contributed by atoms with E-state index in [1.165, 1.54) is 40.9 Å². The summed E-state index contributed by atoms with van der Waals surface area (Å²) in [6.07, 6.45) is 5.56. The molecule has 0 saturated carbocycles. The first-order valence-electron chi connectivity index (χ1n) is 19.7. The molecule has 1 aliphatic rings. The highest BCUT2D eigenvalue weighted by molar-refractivity contribution is 7.98. The van der Waals surface area contributed by atoms with Crippen molar-refractivity contribution in [3.63, 3.8) is 0 Å². The first-order chi connectivity index (χ1) is 27.8. The van der Waals surface area contributed by atoms with Gasteiger partial charge in [-0.3, -0.25) is 24.0 Å². The summed E-state index contributed by atoms with van der Waals surface area (Å²) < 4.78 is 0. The monoisotopic (exact) mass is 828 g/mol. The van der Waals surface area contributed by atoms with Gasteiger partial charge in [0.2, 0.25) is 29.5 Å². The summed E-state index contributed by atoms with van der Waals surface area (Å²) in [6.45, 7) is 0.985. The van der Waals surface area contributed by atoms with E-state index < -0.39 is 71.8 Å². The van der Waals surface area contributed by atoms with Gasteiger partial charge in [-0.05, 0) is 112 Å². The van der Waals surface area contributed by atoms with E-state index in [2.05, 4.69) is 21.3 Å². The molecule has 17 nitrogen and oxygen atoms in total. The number of hydrogen-bond donors (Lipinski definition) is 10. The molecule has 18 heteroatoms. The van der Waals surface area contributed by atoms with Crippen LogP contribution in [0.1, 0.15) is 68.9 Å². The number of nitrogens with two attached hydrogens (primary N) is 3. The first kappa shape index (κ1) is 47.5. The number of likely N-dealkylation sites (tertiary alicyclic amines) is 1. The van der Waals surface area contributed by atoms with E-state index in [-0.39, 0.29) is 50.1 Å². The van der Waals surface area contributed by atoms with Crippen LogP contribution in [0.3, 0.4) is 0 Å². The number of carboxylic acids is 1. The van der Waals surface area contributed by atoms with Crippen LogP contribution in [0.4, 0.5) is 0 Å². The lowest BCUT2D eigenvalue weighted by Gasteiger charge is -2.31. The van der Waals surface area contributed by atoms with Gasteiger partial charge in [-0.25, -0.2) is 4.79 Å². The quantitative estimate of drug-likeness (QED) is 0.0601. The van der Waals surface area contributed by atoms with E-state index >= 15 is 0 Å². The number of phenolic OH excluding ortho intramolecular Hbond substituents is 2. The number of rotatable bonds is 25. The molecule has 1 aliphatic heterocycles. The number of thioether (sulfide) groups is 1. The van der Waals surface area contributed by atoms with Crippen LogP contribution in [0, 0.1) is 0 Å². The summed E-state index contributed by atoms with van der Waals surface area (Å²) >= 11 is 1.44. The zero-order valence-corrected chi connectivity index (χ0v) is 33.9. The van der Waals surface area contributed by atoms with Crippen LogP contribution >= 0.6 is 11.8 Å². The van der Waals surface area contributed by atoms with E-state index in [1.54, 1.807) is 24.3 Å². The van der Waals surface area contributed by atoms with Gasteiger partial charge in [0.25, 0.3) is 0 Å². The number of carbonyl (C=O) groups is 6. The van der Waals surface area contributed by atoms with Crippen molar-refractivity contribution in [3.05, 3.63) is 59.7 Å². The van der Waals surface area contributed by atoms with Crippen LogP contribution in [0.15, 0.2) is 48.5 Å². The third-order valence-corrected chi connectivity index (χ3v) is 10.6. The molecule has 0 bridgehead atoms. The molecule has 320 valence electrons. The molecule has 2 aromatic carbocycles. The lowest BCUT2D eigenvalue weighted by molar-refractivity contribution is -0.145. The summed E-state index contributed by atoms with van der Waals surface area (Å²) in [4.78, 5) is 82.5. The van der Waals surface area contributed by atoms with Crippen LogP contribution in [-0.2, 0) is 41.6 Å². The van der Waals surface area contributed by atoms with E-state index in [1.807, 2.05) is 6.26 Å². The van der Waals surface area contributed by atoms with Gasteiger partial charge in [0.1, 0.15) is 41.7 Å². The van der Waals surface area contributed by atoms with Crippen molar-refractivity contribution in [2.45, 2.75) is 107 Å². The van der Waals surface area contributed by atoms with E-state index in [4.69, 9.17) is 17.2 Å². The maximum atomic E-state index is 14.4. The second kappa shape index (κ2) is 24.8. The normalized spacial score (nSPS) is 16.3. The van der Waals surface area contributed by atoms with Crippen molar-refractivity contribution in [3.8, 4) is 11.5 Å². The van der Waals surface area contributed by atoms with Gasteiger partial charge >= 0.3 is 5.97 Å². The molecule has 0 aliphatic carbocycles. The van der Waals surface area contributed by atoms with Gasteiger partial charge in [-0.15, -0.1) is 0 Å². The number of nitrogens with zero attached hydrogens (tertiary/aromatic N) is 1. The standard InChI is InChI=1S/C40H60N8O9S/c1-58-22-18-31(40(56)57)45-38(54)34-9-6-21-48(34)39(55)33(24-26-12-16-28(50)17-13-26)47-37(53)32(23-25-10-14-27(49)15-11-25)46-36(52)30(8-3-5-20-42)44-35(51)29(43)7-2-4-19-41/h10-17,29-34,49-50H,2-9,18-24,41-43H2,1H3,(H,44,51)(H,45,54)(H,46,52)(H,47,53)(H,56,57)/t29-,30-,31-,32-,33-,34-/m0/s1. The van der Waals surface area contributed by atoms with Crippen molar-refractivity contribution in [1.29, 1.82) is 0 Å². The average Bonchev–Trinajstić information content (AvgIpc) is 3.70. The van der Waals surface area contributed by atoms with Crippen molar-refractivity contribution < 1.29 is 44.1 Å². The second-order valence-corrected chi connectivity index (χ2v) is 15.5. The van der Waals surface area contributed by atoms with Crippen LogP contribution in [0.2, 0.25) is 0 Å². The lowest BCUT2D eigenvalue weighted by Crippen LogP contribution is -2.60. The SMILES string of the molecule is CSCC[C@H](NC(=O)[C@@H]1CCCN1C(=O)[C@H](Cc1ccc(O)cc1)NC(=O)[C@H](Cc1ccc(O)cc1)NC(=O)[C@H](CCCCN)NC(=O)[C@@H](N)CCCCN)C(=O)O. The van der Waals surface area contributed by atoms with Gasteiger partial charge in [-0.2, -0.15) is 11.8 Å². The molecule has 1 saturated heterocycles. The molecule has 1 fully saturated rings. The largest absolute Gasteiger partial charge is 0.508 e. The second-order valence-electron chi connectivity index (χ2n) is 14.5. The number of phenols is 2. The number of aliphatic carboxylic acids is 1. The first-order valence-corrected chi connectivity index (χ1v) is 21.1. The maximum absolute atomic E-state index is 14.4. The Kier molecular flexibility index (Phi) is 20.3. The molecule has 0 unspecified atom stereocenters. The summed E-state index contributed by atoms with van der Waals surface area (Å²) in [5.74, 6) is -3.87. The molecule has 58 heavy (non-hydrogen) atoms. The van der Waals surface area contributed by atoms with Crippen molar-refractivity contribution >= 4 is 47.3 Å². The topological polar surface area (TPSA) is 293 Å². The molecule has 0 spiro atoms. The molecular formula is C40H60N8O9S. The zero-order chi connectivity index (χ0) is 42.6.